The molecule has 0 unspecified atom stereocenters. The minimum absolute atomic E-state index is 0.0393. The van der Waals surface area contributed by atoms with E-state index in [-0.39, 0.29) is 28.8 Å². The number of Topliss-reactive ketones (excluding diaryl/α,β-unsaturated/α-hetero) is 1. The van der Waals surface area contributed by atoms with E-state index in [0.717, 1.165) is 12.8 Å². The molecule has 1 aromatic rings. The highest BCUT2D eigenvalue weighted by Crippen LogP contribution is 2.20. The van der Waals surface area contributed by atoms with Crippen molar-refractivity contribution in [1.29, 1.82) is 0 Å². The molecule has 0 aromatic carbocycles. The third-order valence-electron chi connectivity index (χ3n) is 2.64. The van der Waals surface area contributed by atoms with Crippen LogP contribution in [0.5, 0.6) is 0 Å². The Labute approximate surface area is 92.4 Å². The molecule has 0 aliphatic carbocycles. The van der Waals surface area contributed by atoms with Gasteiger partial charge < -0.3 is 15.2 Å². The summed E-state index contributed by atoms with van der Waals surface area (Å²) in [5.74, 6) is -0.626. The minimum atomic E-state index is -0.328. The van der Waals surface area contributed by atoms with Gasteiger partial charge >= 0.3 is 0 Å². The zero-order valence-corrected chi connectivity index (χ0v) is 9.02. The van der Waals surface area contributed by atoms with Gasteiger partial charge in [0.25, 0.3) is 5.91 Å². The maximum Gasteiger partial charge on any atom is 0.278 e. The summed E-state index contributed by atoms with van der Waals surface area (Å²) in [6.45, 7) is 2.74. The molecule has 0 bridgehead atoms. The van der Waals surface area contributed by atoms with E-state index in [2.05, 4.69) is 5.16 Å². The molecule has 1 fully saturated rings. The Kier molecular flexibility index (Phi) is 2.64. The molecule has 0 radical (unpaired) electrons. The first-order valence-electron chi connectivity index (χ1n) is 5.16. The molecule has 2 N–H and O–H groups in total. The number of likely N-dealkylation sites (tertiary alicyclic amines) is 1. The molecule has 1 aromatic heterocycles. The lowest BCUT2D eigenvalue weighted by atomic mass is 10.2. The van der Waals surface area contributed by atoms with Gasteiger partial charge in [0, 0.05) is 20.0 Å². The summed E-state index contributed by atoms with van der Waals surface area (Å²) in [6.07, 6.45) is 1.98. The summed E-state index contributed by atoms with van der Waals surface area (Å²) in [6, 6.07) is 0. The lowest BCUT2D eigenvalue weighted by Crippen LogP contribution is -2.28. The summed E-state index contributed by atoms with van der Waals surface area (Å²) < 4.78 is 4.77. The van der Waals surface area contributed by atoms with Crippen molar-refractivity contribution in [2.24, 2.45) is 0 Å². The Morgan fingerprint density at radius 2 is 2.00 bits per heavy atom. The van der Waals surface area contributed by atoms with E-state index < -0.39 is 0 Å². The van der Waals surface area contributed by atoms with Crippen LogP contribution in [0, 0.1) is 0 Å². The van der Waals surface area contributed by atoms with Gasteiger partial charge in [-0.05, 0) is 12.8 Å². The second-order valence-corrected chi connectivity index (χ2v) is 3.83. The zero-order chi connectivity index (χ0) is 11.7. The van der Waals surface area contributed by atoms with E-state index in [1.54, 1.807) is 4.90 Å². The molecule has 1 aliphatic rings. The Morgan fingerprint density at radius 3 is 2.50 bits per heavy atom. The first-order chi connectivity index (χ1) is 7.61. The van der Waals surface area contributed by atoms with Crippen molar-refractivity contribution >= 4 is 17.4 Å². The van der Waals surface area contributed by atoms with Crippen LogP contribution in [0.15, 0.2) is 4.52 Å². The van der Waals surface area contributed by atoms with E-state index in [1.807, 2.05) is 0 Å². The molecule has 0 saturated carbocycles. The number of carbonyl (C=O) groups is 2. The molecule has 1 saturated heterocycles. The average Bonchev–Trinajstić information content (AvgIpc) is 2.84. The van der Waals surface area contributed by atoms with Gasteiger partial charge in [0.1, 0.15) is 5.69 Å². The van der Waals surface area contributed by atoms with Gasteiger partial charge in [0.15, 0.2) is 11.5 Å². The minimum Gasteiger partial charge on any atom is -0.393 e. The highest BCUT2D eigenvalue weighted by Gasteiger charge is 2.27. The molecule has 1 amide bonds. The normalized spacial score (nSPS) is 15.4. The molecule has 16 heavy (non-hydrogen) atoms. The Morgan fingerprint density at radius 1 is 1.38 bits per heavy atom. The number of amides is 1. The molecular formula is C10H13N3O3. The van der Waals surface area contributed by atoms with Gasteiger partial charge in [-0.25, -0.2) is 0 Å². The van der Waals surface area contributed by atoms with Crippen molar-refractivity contribution in [1.82, 2.24) is 10.1 Å². The van der Waals surface area contributed by atoms with Crippen molar-refractivity contribution in [3.63, 3.8) is 0 Å². The van der Waals surface area contributed by atoms with Crippen LogP contribution in [0.2, 0.25) is 0 Å². The fourth-order valence-corrected chi connectivity index (χ4v) is 1.78. The zero-order valence-electron chi connectivity index (χ0n) is 9.02. The predicted molar refractivity (Wildman–Crippen MR) is 56.1 cm³/mol. The summed E-state index contributed by atoms with van der Waals surface area (Å²) in [7, 11) is 0. The van der Waals surface area contributed by atoms with Crippen molar-refractivity contribution in [2.45, 2.75) is 19.8 Å². The van der Waals surface area contributed by atoms with E-state index in [9.17, 15) is 9.59 Å². The van der Waals surface area contributed by atoms with Crippen LogP contribution in [-0.2, 0) is 0 Å². The van der Waals surface area contributed by atoms with Crippen LogP contribution in [0.3, 0.4) is 0 Å². The molecule has 6 heteroatoms. The van der Waals surface area contributed by atoms with Crippen molar-refractivity contribution in [3.8, 4) is 0 Å². The monoisotopic (exact) mass is 223 g/mol. The van der Waals surface area contributed by atoms with Crippen molar-refractivity contribution in [2.75, 3.05) is 18.8 Å². The molecule has 86 valence electrons. The lowest BCUT2D eigenvalue weighted by Gasteiger charge is -2.12. The highest BCUT2D eigenvalue weighted by atomic mass is 16.5. The number of carbonyl (C=O) groups excluding carboxylic acids is 2. The fourth-order valence-electron chi connectivity index (χ4n) is 1.78. The maximum absolute atomic E-state index is 11.9. The van der Waals surface area contributed by atoms with E-state index in [0.29, 0.717) is 13.1 Å². The largest absolute Gasteiger partial charge is 0.393 e. The first-order valence-corrected chi connectivity index (χ1v) is 5.16. The molecule has 0 spiro atoms. The number of anilines is 1. The average molecular weight is 223 g/mol. The fraction of sp³-hybridized carbons (Fsp3) is 0.500. The number of nitrogen functional groups attached to an aromatic ring is 1. The van der Waals surface area contributed by atoms with Gasteiger partial charge in [0.05, 0.1) is 0 Å². The van der Waals surface area contributed by atoms with Crippen LogP contribution in [0.25, 0.3) is 0 Å². The topological polar surface area (TPSA) is 89.4 Å². The molecule has 2 rings (SSSR count). The van der Waals surface area contributed by atoms with Gasteiger partial charge in [0.2, 0.25) is 5.76 Å². The van der Waals surface area contributed by atoms with Gasteiger partial charge in [-0.2, -0.15) is 0 Å². The predicted octanol–water partition coefficient (Wildman–Crippen LogP) is 0.695. The van der Waals surface area contributed by atoms with E-state index >= 15 is 0 Å². The third-order valence-corrected chi connectivity index (χ3v) is 2.64. The van der Waals surface area contributed by atoms with E-state index in [4.69, 9.17) is 10.3 Å². The smallest absolute Gasteiger partial charge is 0.278 e. The second-order valence-electron chi connectivity index (χ2n) is 3.83. The molecule has 6 nitrogen and oxygen atoms in total. The van der Waals surface area contributed by atoms with Crippen LogP contribution in [0.1, 0.15) is 40.8 Å². The van der Waals surface area contributed by atoms with Crippen LogP contribution >= 0.6 is 0 Å². The van der Waals surface area contributed by atoms with Gasteiger partial charge in [-0.1, -0.05) is 5.16 Å². The number of hydrogen-bond donors (Lipinski definition) is 1. The van der Waals surface area contributed by atoms with E-state index in [1.165, 1.54) is 6.92 Å². The first kappa shape index (κ1) is 10.7. The van der Waals surface area contributed by atoms with Crippen LogP contribution < -0.4 is 5.73 Å². The second kappa shape index (κ2) is 3.96. The lowest BCUT2D eigenvalue weighted by molar-refractivity contribution is 0.0782. The van der Waals surface area contributed by atoms with Crippen molar-refractivity contribution < 1.29 is 14.1 Å². The van der Waals surface area contributed by atoms with Crippen molar-refractivity contribution in [3.05, 3.63) is 11.5 Å². The quantitative estimate of drug-likeness (QED) is 0.745. The van der Waals surface area contributed by atoms with Crippen LogP contribution in [-0.4, -0.2) is 34.8 Å². The standard InChI is InChI=1S/C10H13N3O3/c1-6(14)9-7(11)8(12-16-9)10(15)13-4-2-3-5-13/h2-5,11H2,1H3. The Bertz CT molecular complexity index is 433. The highest BCUT2D eigenvalue weighted by molar-refractivity contribution is 6.04. The molecule has 1 aliphatic heterocycles. The molecule has 0 atom stereocenters. The summed E-state index contributed by atoms with van der Waals surface area (Å²) in [4.78, 5) is 24.7. The van der Waals surface area contributed by atoms with Gasteiger partial charge in [-0.3, -0.25) is 9.59 Å². The van der Waals surface area contributed by atoms with Crippen LogP contribution in [0.4, 0.5) is 5.69 Å². The summed E-state index contributed by atoms with van der Waals surface area (Å²) in [5.41, 5.74) is 5.74. The SMILES string of the molecule is CC(=O)c1onc(C(=O)N2CCCC2)c1N. The number of ketones is 1. The maximum atomic E-state index is 11.9. The third kappa shape index (κ3) is 1.66. The summed E-state index contributed by atoms with van der Waals surface area (Å²) >= 11 is 0. The Hall–Kier alpha value is -1.85. The Balaban J connectivity index is 2.26. The van der Waals surface area contributed by atoms with Gasteiger partial charge in [-0.15, -0.1) is 0 Å². The molecular weight excluding hydrogens is 210 g/mol. The summed E-state index contributed by atoms with van der Waals surface area (Å²) in [5, 5.41) is 3.57. The number of nitrogens with two attached hydrogens (primary N) is 1. The number of rotatable bonds is 2. The number of aromatic nitrogens is 1. The number of nitrogens with zero attached hydrogens (tertiary/aromatic N) is 2. The number of hydrogen-bond acceptors (Lipinski definition) is 5. The molecule has 2 heterocycles.